The van der Waals surface area contributed by atoms with Crippen molar-refractivity contribution in [3.8, 4) is 0 Å². The zero-order valence-corrected chi connectivity index (χ0v) is 8.17. The molecule has 0 aromatic carbocycles. The fourth-order valence-corrected chi connectivity index (χ4v) is 2.01. The van der Waals surface area contributed by atoms with Crippen LogP contribution in [0.25, 0.3) is 0 Å². The smallest absolute Gasteiger partial charge is 0.140 e. The van der Waals surface area contributed by atoms with Crippen LogP contribution in [0.15, 0.2) is 25.3 Å². The lowest BCUT2D eigenvalue weighted by atomic mass is 9.81. The van der Waals surface area contributed by atoms with Gasteiger partial charge in [-0.15, -0.1) is 13.2 Å². The molecule has 1 saturated carbocycles. The van der Waals surface area contributed by atoms with Crippen molar-refractivity contribution in [2.75, 3.05) is 0 Å². The Hall–Kier alpha value is -0.850. The number of rotatable bonds is 2. The van der Waals surface area contributed by atoms with Crippen molar-refractivity contribution in [1.29, 1.82) is 0 Å². The molecule has 0 bridgehead atoms. The summed E-state index contributed by atoms with van der Waals surface area (Å²) in [6, 6.07) is 0. The van der Waals surface area contributed by atoms with Crippen molar-refractivity contribution < 1.29 is 4.79 Å². The first-order chi connectivity index (χ1) is 6.29. The van der Waals surface area contributed by atoms with Gasteiger partial charge >= 0.3 is 0 Å². The van der Waals surface area contributed by atoms with Gasteiger partial charge < -0.3 is 0 Å². The molecule has 1 rings (SSSR count). The van der Waals surface area contributed by atoms with Gasteiger partial charge in [-0.05, 0) is 18.8 Å². The van der Waals surface area contributed by atoms with Crippen LogP contribution in [-0.2, 0) is 4.79 Å². The first-order valence-electron chi connectivity index (χ1n) is 5.07. The van der Waals surface area contributed by atoms with Crippen LogP contribution in [0.3, 0.4) is 0 Å². The van der Waals surface area contributed by atoms with Crippen LogP contribution in [0.2, 0.25) is 0 Å². The summed E-state index contributed by atoms with van der Waals surface area (Å²) < 4.78 is 0. The maximum atomic E-state index is 11.6. The molecule has 0 aromatic heterocycles. The lowest BCUT2D eigenvalue weighted by molar-refractivity contribution is -0.122. The van der Waals surface area contributed by atoms with E-state index in [9.17, 15) is 4.79 Å². The van der Waals surface area contributed by atoms with Crippen molar-refractivity contribution in [2.24, 2.45) is 11.8 Å². The molecule has 0 amide bonds. The van der Waals surface area contributed by atoms with Crippen molar-refractivity contribution >= 4 is 5.78 Å². The minimum atomic E-state index is 0.0257. The molecule has 72 valence electrons. The van der Waals surface area contributed by atoms with Crippen LogP contribution in [0, 0.1) is 11.8 Å². The second-order valence-corrected chi connectivity index (χ2v) is 3.73. The summed E-state index contributed by atoms with van der Waals surface area (Å²) in [7, 11) is 0. The number of hydrogen-bond donors (Lipinski definition) is 0. The molecular formula is C12H18O. The molecule has 0 aliphatic heterocycles. The van der Waals surface area contributed by atoms with Gasteiger partial charge in [0, 0.05) is 12.3 Å². The van der Waals surface area contributed by atoms with Crippen molar-refractivity contribution in [2.45, 2.75) is 32.1 Å². The van der Waals surface area contributed by atoms with Gasteiger partial charge in [-0.25, -0.2) is 0 Å². The van der Waals surface area contributed by atoms with Gasteiger partial charge in [-0.3, -0.25) is 4.79 Å². The largest absolute Gasteiger partial charge is 0.299 e. The number of allylic oxidation sites excluding steroid dienone is 2. The maximum Gasteiger partial charge on any atom is 0.140 e. The molecule has 1 nitrogen and oxygen atoms in total. The minimum Gasteiger partial charge on any atom is -0.299 e. The van der Waals surface area contributed by atoms with Crippen LogP contribution in [0.1, 0.15) is 32.1 Å². The number of ketones is 1. The SMILES string of the molecule is C=CC1CCCCCC(=O)C1C=C. The van der Waals surface area contributed by atoms with Crippen LogP contribution >= 0.6 is 0 Å². The molecule has 0 heterocycles. The van der Waals surface area contributed by atoms with E-state index in [1.54, 1.807) is 6.08 Å². The lowest BCUT2D eigenvalue weighted by Crippen LogP contribution is -2.22. The molecule has 0 spiro atoms. The quantitative estimate of drug-likeness (QED) is 0.594. The van der Waals surface area contributed by atoms with Crippen molar-refractivity contribution in [1.82, 2.24) is 0 Å². The molecular weight excluding hydrogens is 160 g/mol. The van der Waals surface area contributed by atoms with E-state index in [4.69, 9.17) is 0 Å². The van der Waals surface area contributed by atoms with Crippen molar-refractivity contribution in [3.05, 3.63) is 25.3 Å². The number of hydrogen-bond acceptors (Lipinski definition) is 1. The van der Waals surface area contributed by atoms with Gasteiger partial charge in [-0.2, -0.15) is 0 Å². The van der Waals surface area contributed by atoms with Crippen LogP contribution in [0.4, 0.5) is 0 Å². The zero-order chi connectivity index (χ0) is 9.68. The summed E-state index contributed by atoms with van der Waals surface area (Å²) >= 11 is 0. The summed E-state index contributed by atoms with van der Waals surface area (Å²) in [4.78, 5) is 11.6. The molecule has 0 radical (unpaired) electrons. The van der Waals surface area contributed by atoms with Gasteiger partial charge in [0.25, 0.3) is 0 Å². The molecule has 1 aliphatic rings. The van der Waals surface area contributed by atoms with Gasteiger partial charge in [0.15, 0.2) is 0 Å². The topological polar surface area (TPSA) is 17.1 Å². The Kier molecular flexibility index (Phi) is 3.94. The van der Waals surface area contributed by atoms with E-state index in [2.05, 4.69) is 13.2 Å². The lowest BCUT2D eigenvalue weighted by Gasteiger charge is -2.22. The molecule has 1 aliphatic carbocycles. The number of carbonyl (C=O) groups is 1. The molecule has 0 saturated heterocycles. The first-order valence-corrected chi connectivity index (χ1v) is 5.07. The average molecular weight is 178 g/mol. The molecule has 2 atom stereocenters. The van der Waals surface area contributed by atoms with E-state index in [1.165, 1.54) is 12.8 Å². The fourth-order valence-electron chi connectivity index (χ4n) is 2.01. The zero-order valence-electron chi connectivity index (χ0n) is 8.17. The molecule has 0 N–H and O–H groups in total. The number of Topliss-reactive ketones (excluding diaryl/α,β-unsaturated/α-hetero) is 1. The van der Waals surface area contributed by atoms with Gasteiger partial charge in [-0.1, -0.05) is 25.0 Å². The summed E-state index contributed by atoms with van der Waals surface area (Å²) in [6.07, 6.45) is 8.96. The van der Waals surface area contributed by atoms with Crippen LogP contribution < -0.4 is 0 Å². The Balaban J connectivity index is 2.71. The highest BCUT2D eigenvalue weighted by atomic mass is 16.1. The molecule has 1 fully saturated rings. The number of carbonyl (C=O) groups excluding carboxylic acids is 1. The van der Waals surface area contributed by atoms with Gasteiger partial charge in [0.05, 0.1) is 0 Å². The Morgan fingerprint density at radius 1 is 1.15 bits per heavy atom. The van der Waals surface area contributed by atoms with E-state index in [-0.39, 0.29) is 5.92 Å². The highest BCUT2D eigenvalue weighted by molar-refractivity contribution is 5.83. The van der Waals surface area contributed by atoms with E-state index < -0.39 is 0 Å². The van der Waals surface area contributed by atoms with E-state index in [0.29, 0.717) is 11.7 Å². The standard InChI is InChI=1S/C12H18O/c1-3-10-8-6-5-7-9-12(13)11(10)4-2/h3-4,10-11H,1-2,5-9H2. The second kappa shape index (κ2) is 5.00. The minimum absolute atomic E-state index is 0.0257. The molecule has 13 heavy (non-hydrogen) atoms. The van der Waals surface area contributed by atoms with E-state index in [1.807, 2.05) is 6.08 Å². The normalized spacial score (nSPS) is 30.3. The Labute approximate surface area is 80.5 Å². The van der Waals surface area contributed by atoms with Gasteiger partial charge in [0.2, 0.25) is 0 Å². The molecule has 2 unspecified atom stereocenters. The van der Waals surface area contributed by atoms with Crippen LogP contribution in [0.5, 0.6) is 0 Å². The molecule has 1 heteroatoms. The average Bonchev–Trinajstić information content (AvgIpc) is 2.12. The third-order valence-electron chi connectivity index (χ3n) is 2.85. The highest BCUT2D eigenvalue weighted by Crippen LogP contribution is 2.26. The van der Waals surface area contributed by atoms with Gasteiger partial charge in [0.1, 0.15) is 5.78 Å². The van der Waals surface area contributed by atoms with E-state index in [0.717, 1.165) is 19.3 Å². The molecule has 0 aromatic rings. The summed E-state index contributed by atoms with van der Waals surface area (Å²) in [6.45, 7) is 7.53. The summed E-state index contributed by atoms with van der Waals surface area (Å²) in [5, 5.41) is 0. The highest BCUT2D eigenvalue weighted by Gasteiger charge is 2.23. The fraction of sp³-hybridized carbons (Fsp3) is 0.583. The first kappa shape index (κ1) is 10.2. The Bertz CT molecular complexity index is 205. The summed E-state index contributed by atoms with van der Waals surface area (Å²) in [5.41, 5.74) is 0. The van der Waals surface area contributed by atoms with Crippen molar-refractivity contribution in [3.63, 3.8) is 0 Å². The Morgan fingerprint density at radius 2 is 1.92 bits per heavy atom. The predicted octanol–water partition coefficient (Wildman–Crippen LogP) is 3.12. The monoisotopic (exact) mass is 178 g/mol. The summed E-state index contributed by atoms with van der Waals surface area (Å²) in [5.74, 6) is 0.697. The second-order valence-electron chi connectivity index (χ2n) is 3.73. The maximum absolute atomic E-state index is 11.6. The predicted molar refractivity (Wildman–Crippen MR) is 55.5 cm³/mol. The third-order valence-corrected chi connectivity index (χ3v) is 2.85. The Morgan fingerprint density at radius 3 is 2.54 bits per heavy atom. The third kappa shape index (κ3) is 2.55. The van der Waals surface area contributed by atoms with E-state index >= 15 is 0 Å². The van der Waals surface area contributed by atoms with Crippen LogP contribution in [-0.4, -0.2) is 5.78 Å².